The summed E-state index contributed by atoms with van der Waals surface area (Å²) in [5.41, 5.74) is 0.417. The number of halogens is 2. The number of hydrogen-bond donors (Lipinski definition) is 1. The third kappa shape index (κ3) is 2.17. The molecule has 0 bridgehead atoms. The Morgan fingerprint density at radius 3 is 2.82 bits per heavy atom. The number of hydrogen-bond acceptors (Lipinski definition) is 1. The van der Waals surface area contributed by atoms with Gasteiger partial charge in [0.25, 0.3) is 0 Å². The van der Waals surface area contributed by atoms with Crippen molar-refractivity contribution in [2.45, 2.75) is 6.17 Å². The van der Waals surface area contributed by atoms with Crippen molar-refractivity contribution in [1.29, 1.82) is 0 Å². The van der Waals surface area contributed by atoms with Crippen molar-refractivity contribution in [3.8, 4) is 0 Å². The molecule has 1 aromatic carbocycles. The first-order valence-electron chi connectivity index (χ1n) is 3.24. The molecule has 1 nitrogen and oxygen atoms in total. The van der Waals surface area contributed by atoms with Crippen LogP contribution in [0.2, 0.25) is 5.02 Å². The SMILES string of the molecule is OC[C@H](F)c1cccc(Cl)c1. The van der Waals surface area contributed by atoms with Crippen LogP contribution in [-0.2, 0) is 0 Å². The Hall–Kier alpha value is -0.600. The second-order valence-corrected chi connectivity index (χ2v) is 2.64. The first-order valence-corrected chi connectivity index (χ1v) is 3.62. The Morgan fingerprint density at radius 2 is 2.27 bits per heavy atom. The minimum Gasteiger partial charge on any atom is -0.393 e. The number of rotatable bonds is 2. The predicted octanol–water partition coefficient (Wildman–Crippen LogP) is 2.34. The van der Waals surface area contributed by atoms with Gasteiger partial charge >= 0.3 is 0 Å². The van der Waals surface area contributed by atoms with Gasteiger partial charge in [0, 0.05) is 5.02 Å². The van der Waals surface area contributed by atoms with E-state index in [-0.39, 0.29) is 0 Å². The lowest BCUT2D eigenvalue weighted by Crippen LogP contribution is -1.96. The van der Waals surface area contributed by atoms with E-state index in [1.807, 2.05) is 0 Å². The normalized spacial score (nSPS) is 13.0. The molecule has 0 aromatic heterocycles. The smallest absolute Gasteiger partial charge is 0.148 e. The van der Waals surface area contributed by atoms with Gasteiger partial charge in [-0.3, -0.25) is 0 Å². The summed E-state index contributed by atoms with van der Waals surface area (Å²) < 4.78 is 12.7. The summed E-state index contributed by atoms with van der Waals surface area (Å²) in [7, 11) is 0. The minimum atomic E-state index is -1.33. The molecule has 0 amide bonds. The molecule has 0 unspecified atom stereocenters. The first-order chi connectivity index (χ1) is 5.24. The molecule has 11 heavy (non-hydrogen) atoms. The maximum Gasteiger partial charge on any atom is 0.148 e. The van der Waals surface area contributed by atoms with E-state index in [4.69, 9.17) is 16.7 Å². The lowest BCUT2D eigenvalue weighted by atomic mass is 10.1. The van der Waals surface area contributed by atoms with Crippen molar-refractivity contribution in [2.75, 3.05) is 6.61 Å². The standard InChI is InChI=1S/C8H8ClFO/c9-7-3-1-2-6(4-7)8(10)5-11/h1-4,8,11H,5H2/t8-/m0/s1. The Bertz CT molecular complexity index is 239. The molecule has 0 fully saturated rings. The number of alkyl halides is 1. The van der Waals surface area contributed by atoms with Gasteiger partial charge < -0.3 is 5.11 Å². The second kappa shape index (κ2) is 3.69. The molecule has 0 aliphatic rings. The quantitative estimate of drug-likeness (QED) is 0.730. The maximum absolute atomic E-state index is 12.7. The van der Waals surface area contributed by atoms with Crippen molar-refractivity contribution in [1.82, 2.24) is 0 Å². The van der Waals surface area contributed by atoms with E-state index >= 15 is 0 Å². The minimum absolute atomic E-state index is 0.417. The van der Waals surface area contributed by atoms with Crippen LogP contribution in [0.4, 0.5) is 4.39 Å². The van der Waals surface area contributed by atoms with Crippen molar-refractivity contribution in [3.63, 3.8) is 0 Å². The molecule has 1 aromatic rings. The van der Waals surface area contributed by atoms with Crippen LogP contribution in [0.15, 0.2) is 24.3 Å². The molecule has 0 aliphatic heterocycles. The Labute approximate surface area is 69.4 Å². The fraction of sp³-hybridized carbons (Fsp3) is 0.250. The maximum atomic E-state index is 12.7. The molecule has 60 valence electrons. The highest BCUT2D eigenvalue weighted by atomic mass is 35.5. The largest absolute Gasteiger partial charge is 0.393 e. The van der Waals surface area contributed by atoms with Crippen molar-refractivity contribution < 1.29 is 9.50 Å². The van der Waals surface area contributed by atoms with Crippen LogP contribution in [0.5, 0.6) is 0 Å². The van der Waals surface area contributed by atoms with Crippen LogP contribution in [-0.4, -0.2) is 11.7 Å². The molecule has 0 radical (unpaired) electrons. The second-order valence-electron chi connectivity index (χ2n) is 2.21. The highest BCUT2D eigenvalue weighted by Crippen LogP contribution is 2.19. The van der Waals surface area contributed by atoms with Crippen molar-refractivity contribution in [3.05, 3.63) is 34.9 Å². The zero-order chi connectivity index (χ0) is 8.27. The lowest BCUT2D eigenvalue weighted by molar-refractivity contribution is 0.180. The van der Waals surface area contributed by atoms with Gasteiger partial charge in [0.05, 0.1) is 6.61 Å². The zero-order valence-electron chi connectivity index (χ0n) is 5.80. The number of benzene rings is 1. The van der Waals surface area contributed by atoms with Gasteiger partial charge in [0.1, 0.15) is 6.17 Å². The average molecular weight is 175 g/mol. The van der Waals surface area contributed by atoms with Crippen LogP contribution >= 0.6 is 11.6 Å². The van der Waals surface area contributed by atoms with Gasteiger partial charge in [-0.1, -0.05) is 23.7 Å². The molecule has 0 saturated heterocycles. The monoisotopic (exact) mass is 174 g/mol. The molecular weight excluding hydrogens is 167 g/mol. The lowest BCUT2D eigenvalue weighted by Gasteiger charge is -2.03. The van der Waals surface area contributed by atoms with Crippen LogP contribution in [0.1, 0.15) is 11.7 Å². The summed E-state index contributed by atoms with van der Waals surface area (Å²) in [5, 5.41) is 8.95. The Kier molecular flexibility index (Phi) is 2.85. The summed E-state index contributed by atoms with van der Waals surface area (Å²) in [5.74, 6) is 0. The van der Waals surface area contributed by atoms with E-state index in [1.54, 1.807) is 18.2 Å². The fourth-order valence-electron chi connectivity index (χ4n) is 0.807. The third-order valence-corrected chi connectivity index (χ3v) is 1.61. The molecule has 0 spiro atoms. The van der Waals surface area contributed by atoms with Crippen LogP contribution in [0.25, 0.3) is 0 Å². The summed E-state index contributed by atoms with van der Waals surface area (Å²) in [6, 6.07) is 6.41. The van der Waals surface area contributed by atoms with Gasteiger partial charge in [0.2, 0.25) is 0 Å². The summed E-state index contributed by atoms with van der Waals surface area (Å²) in [6.45, 7) is -0.500. The van der Waals surface area contributed by atoms with Crippen LogP contribution < -0.4 is 0 Å². The average Bonchev–Trinajstić information content (AvgIpc) is 2.03. The summed E-state index contributed by atoms with van der Waals surface area (Å²) >= 11 is 5.60. The summed E-state index contributed by atoms with van der Waals surface area (Å²) in [6.07, 6.45) is -1.33. The van der Waals surface area contributed by atoms with Crippen LogP contribution in [0.3, 0.4) is 0 Å². The van der Waals surface area contributed by atoms with Gasteiger partial charge in [0.15, 0.2) is 0 Å². The molecular formula is C8H8ClFO. The predicted molar refractivity (Wildman–Crippen MR) is 42.4 cm³/mol. The molecule has 0 heterocycles. The molecule has 1 rings (SSSR count). The van der Waals surface area contributed by atoms with Gasteiger partial charge in [-0.2, -0.15) is 0 Å². The highest BCUT2D eigenvalue weighted by Gasteiger charge is 2.06. The first kappa shape index (κ1) is 8.50. The van der Waals surface area contributed by atoms with Crippen molar-refractivity contribution in [2.24, 2.45) is 0 Å². The van der Waals surface area contributed by atoms with E-state index in [0.29, 0.717) is 10.6 Å². The number of aliphatic hydroxyl groups is 1. The van der Waals surface area contributed by atoms with Crippen molar-refractivity contribution >= 4 is 11.6 Å². The van der Waals surface area contributed by atoms with E-state index < -0.39 is 12.8 Å². The van der Waals surface area contributed by atoms with Gasteiger partial charge in [-0.05, 0) is 17.7 Å². The van der Waals surface area contributed by atoms with Gasteiger partial charge in [-0.15, -0.1) is 0 Å². The topological polar surface area (TPSA) is 20.2 Å². The van der Waals surface area contributed by atoms with E-state index in [2.05, 4.69) is 0 Å². The van der Waals surface area contributed by atoms with E-state index in [1.165, 1.54) is 6.07 Å². The molecule has 1 N–H and O–H groups in total. The van der Waals surface area contributed by atoms with E-state index in [0.717, 1.165) is 0 Å². The Morgan fingerprint density at radius 1 is 1.55 bits per heavy atom. The van der Waals surface area contributed by atoms with E-state index in [9.17, 15) is 4.39 Å². The van der Waals surface area contributed by atoms with Gasteiger partial charge in [-0.25, -0.2) is 4.39 Å². The highest BCUT2D eigenvalue weighted by molar-refractivity contribution is 6.30. The molecule has 3 heteroatoms. The zero-order valence-corrected chi connectivity index (χ0v) is 6.55. The molecule has 0 aliphatic carbocycles. The van der Waals surface area contributed by atoms with Crippen LogP contribution in [0, 0.1) is 0 Å². The molecule has 1 atom stereocenters. The molecule has 0 saturated carbocycles. The third-order valence-electron chi connectivity index (χ3n) is 1.37. The Balaban J connectivity index is 2.86. The fourth-order valence-corrected chi connectivity index (χ4v) is 1.01. The summed E-state index contributed by atoms with van der Waals surface area (Å²) in [4.78, 5) is 0. The number of aliphatic hydroxyl groups excluding tert-OH is 1.